The SMILES string of the molecule is CCc1cnc(C)nc1-c1cc(NCc2ccccn2)nc2[nH]ccc12. The Morgan fingerprint density at radius 1 is 1.12 bits per heavy atom. The highest BCUT2D eigenvalue weighted by molar-refractivity contribution is 5.94. The smallest absolute Gasteiger partial charge is 0.140 e. The Balaban J connectivity index is 1.77. The molecule has 0 amide bonds. The van der Waals surface area contributed by atoms with Crippen LogP contribution in [0.3, 0.4) is 0 Å². The topological polar surface area (TPSA) is 79.4 Å². The van der Waals surface area contributed by atoms with Crippen LogP contribution in [0.15, 0.2) is 48.9 Å². The number of hydrogen-bond acceptors (Lipinski definition) is 5. The van der Waals surface area contributed by atoms with Crippen molar-refractivity contribution < 1.29 is 0 Å². The number of anilines is 1. The summed E-state index contributed by atoms with van der Waals surface area (Å²) < 4.78 is 0. The van der Waals surface area contributed by atoms with Crippen molar-refractivity contribution in [2.75, 3.05) is 5.32 Å². The Morgan fingerprint density at radius 3 is 2.85 bits per heavy atom. The number of rotatable bonds is 5. The predicted octanol–water partition coefficient (Wildman–Crippen LogP) is 3.90. The molecule has 0 saturated heterocycles. The summed E-state index contributed by atoms with van der Waals surface area (Å²) in [5.74, 6) is 1.56. The third kappa shape index (κ3) is 3.13. The van der Waals surface area contributed by atoms with E-state index < -0.39 is 0 Å². The first-order chi connectivity index (χ1) is 12.7. The summed E-state index contributed by atoms with van der Waals surface area (Å²) in [6, 6.07) is 9.98. The molecule has 6 nitrogen and oxygen atoms in total. The molecule has 4 aromatic rings. The van der Waals surface area contributed by atoms with E-state index in [0.717, 1.165) is 51.6 Å². The van der Waals surface area contributed by atoms with Crippen LogP contribution in [-0.4, -0.2) is 24.9 Å². The molecular formula is C20H20N6. The lowest BCUT2D eigenvalue weighted by molar-refractivity contribution is 0.996. The van der Waals surface area contributed by atoms with Crippen LogP contribution in [0.5, 0.6) is 0 Å². The molecule has 130 valence electrons. The summed E-state index contributed by atoms with van der Waals surface area (Å²) in [6.45, 7) is 4.65. The molecule has 0 aliphatic heterocycles. The predicted molar refractivity (Wildman–Crippen MR) is 103 cm³/mol. The van der Waals surface area contributed by atoms with Crippen molar-refractivity contribution in [1.82, 2.24) is 24.9 Å². The third-order valence-corrected chi connectivity index (χ3v) is 4.33. The first-order valence-corrected chi connectivity index (χ1v) is 8.69. The van der Waals surface area contributed by atoms with E-state index in [1.54, 1.807) is 6.20 Å². The molecule has 4 aromatic heterocycles. The van der Waals surface area contributed by atoms with Crippen molar-refractivity contribution >= 4 is 16.9 Å². The van der Waals surface area contributed by atoms with Crippen LogP contribution in [0.1, 0.15) is 24.0 Å². The van der Waals surface area contributed by atoms with Crippen molar-refractivity contribution in [2.45, 2.75) is 26.8 Å². The highest BCUT2D eigenvalue weighted by Crippen LogP contribution is 2.31. The highest BCUT2D eigenvalue weighted by Gasteiger charge is 2.14. The second kappa shape index (κ2) is 6.92. The summed E-state index contributed by atoms with van der Waals surface area (Å²) in [6.07, 6.45) is 6.49. The van der Waals surface area contributed by atoms with Crippen molar-refractivity contribution in [2.24, 2.45) is 0 Å². The zero-order chi connectivity index (χ0) is 17.9. The lowest BCUT2D eigenvalue weighted by atomic mass is 10.0. The average molecular weight is 344 g/mol. The molecule has 4 rings (SSSR count). The summed E-state index contributed by atoms with van der Waals surface area (Å²) in [7, 11) is 0. The van der Waals surface area contributed by atoms with E-state index in [1.165, 1.54) is 0 Å². The Hall–Kier alpha value is -3.28. The maximum atomic E-state index is 4.71. The van der Waals surface area contributed by atoms with Crippen LogP contribution >= 0.6 is 0 Å². The molecule has 0 saturated carbocycles. The second-order valence-corrected chi connectivity index (χ2v) is 6.11. The maximum Gasteiger partial charge on any atom is 0.140 e. The van der Waals surface area contributed by atoms with E-state index in [1.807, 2.05) is 43.6 Å². The van der Waals surface area contributed by atoms with E-state index >= 15 is 0 Å². The zero-order valence-corrected chi connectivity index (χ0v) is 14.8. The van der Waals surface area contributed by atoms with Gasteiger partial charge in [-0.2, -0.15) is 0 Å². The van der Waals surface area contributed by atoms with Gasteiger partial charge in [0.05, 0.1) is 17.9 Å². The van der Waals surface area contributed by atoms with Crippen LogP contribution in [0.25, 0.3) is 22.3 Å². The Morgan fingerprint density at radius 2 is 2.04 bits per heavy atom. The minimum atomic E-state index is 0.614. The molecule has 0 bridgehead atoms. The van der Waals surface area contributed by atoms with Crippen molar-refractivity contribution in [3.05, 3.63) is 66.0 Å². The number of aromatic nitrogens is 5. The molecule has 0 aliphatic rings. The van der Waals surface area contributed by atoms with Gasteiger partial charge in [0.25, 0.3) is 0 Å². The number of aryl methyl sites for hydroxylation is 2. The van der Waals surface area contributed by atoms with Gasteiger partial charge in [-0.1, -0.05) is 13.0 Å². The van der Waals surface area contributed by atoms with Crippen molar-refractivity contribution in [3.8, 4) is 11.3 Å². The summed E-state index contributed by atoms with van der Waals surface area (Å²) >= 11 is 0. The number of nitrogens with one attached hydrogen (secondary N) is 2. The molecule has 4 heterocycles. The lowest BCUT2D eigenvalue weighted by Gasteiger charge is -2.12. The Kier molecular flexibility index (Phi) is 4.31. The van der Waals surface area contributed by atoms with Gasteiger partial charge in [-0.25, -0.2) is 15.0 Å². The molecule has 0 spiro atoms. The van der Waals surface area contributed by atoms with Crippen LogP contribution in [-0.2, 0) is 13.0 Å². The molecule has 26 heavy (non-hydrogen) atoms. The molecule has 0 radical (unpaired) electrons. The summed E-state index contributed by atoms with van der Waals surface area (Å²) in [5.41, 5.74) is 4.95. The fourth-order valence-electron chi connectivity index (χ4n) is 2.99. The summed E-state index contributed by atoms with van der Waals surface area (Å²) in [4.78, 5) is 21.3. The normalized spacial score (nSPS) is 11.0. The monoisotopic (exact) mass is 344 g/mol. The van der Waals surface area contributed by atoms with E-state index in [0.29, 0.717) is 6.54 Å². The van der Waals surface area contributed by atoms with Gasteiger partial charge >= 0.3 is 0 Å². The van der Waals surface area contributed by atoms with Crippen LogP contribution < -0.4 is 5.32 Å². The average Bonchev–Trinajstić information content (AvgIpc) is 3.15. The minimum absolute atomic E-state index is 0.614. The van der Waals surface area contributed by atoms with Crippen LogP contribution in [0, 0.1) is 6.92 Å². The van der Waals surface area contributed by atoms with Crippen molar-refractivity contribution in [1.29, 1.82) is 0 Å². The molecule has 0 aromatic carbocycles. The van der Waals surface area contributed by atoms with Gasteiger partial charge in [-0.3, -0.25) is 4.98 Å². The number of H-pyrrole nitrogens is 1. The van der Waals surface area contributed by atoms with Gasteiger partial charge < -0.3 is 10.3 Å². The molecule has 2 N–H and O–H groups in total. The van der Waals surface area contributed by atoms with Gasteiger partial charge in [0, 0.05) is 29.5 Å². The van der Waals surface area contributed by atoms with Crippen molar-refractivity contribution in [3.63, 3.8) is 0 Å². The van der Waals surface area contributed by atoms with Crippen LogP contribution in [0.2, 0.25) is 0 Å². The number of fused-ring (bicyclic) bond motifs is 1. The summed E-state index contributed by atoms with van der Waals surface area (Å²) in [5, 5.41) is 4.42. The van der Waals surface area contributed by atoms with E-state index in [9.17, 15) is 0 Å². The van der Waals surface area contributed by atoms with Gasteiger partial charge in [-0.15, -0.1) is 0 Å². The fraction of sp³-hybridized carbons (Fsp3) is 0.200. The molecule has 0 atom stereocenters. The molecule has 0 fully saturated rings. The lowest BCUT2D eigenvalue weighted by Crippen LogP contribution is -2.04. The molecule has 6 heteroatoms. The Labute approximate surface area is 151 Å². The number of hydrogen-bond donors (Lipinski definition) is 2. The first kappa shape index (κ1) is 16.2. The second-order valence-electron chi connectivity index (χ2n) is 6.11. The number of pyridine rings is 2. The van der Waals surface area contributed by atoms with Gasteiger partial charge in [0.2, 0.25) is 0 Å². The highest BCUT2D eigenvalue weighted by atomic mass is 15.0. The zero-order valence-electron chi connectivity index (χ0n) is 14.8. The molecule has 0 aliphatic carbocycles. The fourth-order valence-corrected chi connectivity index (χ4v) is 2.99. The van der Waals surface area contributed by atoms with E-state index in [2.05, 4.69) is 38.2 Å². The largest absolute Gasteiger partial charge is 0.364 e. The number of nitrogens with zero attached hydrogens (tertiary/aromatic N) is 4. The minimum Gasteiger partial charge on any atom is -0.364 e. The first-order valence-electron chi connectivity index (χ1n) is 8.69. The van der Waals surface area contributed by atoms with E-state index in [4.69, 9.17) is 4.98 Å². The van der Waals surface area contributed by atoms with Gasteiger partial charge in [-0.05, 0) is 43.2 Å². The van der Waals surface area contributed by atoms with Gasteiger partial charge in [0.15, 0.2) is 0 Å². The van der Waals surface area contributed by atoms with Crippen LogP contribution in [0.4, 0.5) is 5.82 Å². The molecule has 0 unspecified atom stereocenters. The number of aromatic amines is 1. The quantitative estimate of drug-likeness (QED) is 0.574. The molecular weight excluding hydrogens is 324 g/mol. The maximum absolute atomic E-state index is 4.71. The van der Waals surface area contributed by atoms with E-state index in [-0.39, 0.29) is 0 Å². The third-order valence-electron chi connectivity index (χ3n) is 4.33. The Bertz CT molecular complexity index is 1040. The van der Waals surface area contributed by atoms with Gasteiger partial charge in [0.1, 0.15) is 17.3 Å². The standard InChI is InChI=1S/C20H20N6/c1-3-14-11-23-13(2)25-19(14)17-10-18(26-20-16(17)7-9-22-20)24-12-15-6-4-5-8-21-15/h4-11H,3,12H2,1-2H3,(H2,22,24,26).